The maximum atomic E-state index is 12.7. The molecule has 0 aromatic rings. The highest BCUT2D eigenvalue weighted by molar-refractivity contribution is 5.76. The van der Waals surface area contributed by atoms with E-state index in [9.17, 15) is 25.2 Å². The van der Waals surface area contributed by atoms with Crippen LogP contribution in [0.4, 0.5) is 0 Å². The Morgan fingerprint density at radius 3 is 2.30 bits per heavy atom. The molecule has 5 nitrogen and oxygen atoms in total. The lowest BCUT2D eigenvalue weighted by atomic mass is 9.33. The summed E-state index contributed by atoms with van der Waals surface area (Å²) in [5.74, 6) is 0.948. The number of fused-ring (bicyclic) bond motifs is 7. The minimum atomic E-state index is -0.821. The zero-order chi connectivity index (χ0) is 24.0. The van der Waals surface area contributed by atoms with Crippen molar-refractivity contribution in [3.05, 3.63) is 0 Å². The minimum Gasteiger partial charge on any atom is -0.481 e. The second kappa shape index (κ2) is 7.67. The molecule has 5 fully saturated rings. The van der Waals surface area contributed by atoms with Crippen LogP contribution in [0.1, 0.15) is 91.9 Å². The van der Waals surface area contributed by atoms with Crippen molar-refractivity contribution in [2.45, 2.75) is 104 Å². The number of carboxylic acid groups (broad SMARTS) is 1. The maximum Gasteiger partial charge on any atom is 0.309 e. The molecular weight excluding hydrogens is 416 g/mol. The number of hydrogen-bond donors (Lipinski definition) is 4. The standard InChI is InChI=1S/C28H46O5/c1-16-18-8-11-27(4)22(25(18,2)10-9-20(16)30)6-5-19-23-17(21(31)15-29)7-12-28(23,24(32)33)14-13-26(19,27)3/h16-23,29-31H,5-15H2,1-4H3,(H,32,33)/t16-,17?,18?,19?,20+,21+,22?,23?,25+,26-,27-,28+/m1/s1. The number of aliphatic hydroxyl groups is 3. The Kier molecular flexibility index (Phi) is 5.59. The third-order valence-corrected chi connectivity index (χ3v) is 13.2. The summed E-state index contributed by atoms with van der Waals surface area (Å²) in [5.41, 5.74) is -0.310. The van der Waals surface area contributed by atoms with Crippen LogP contribution in [-0.4, -0.2) is 45.2 Å². The highest BCUT2D eigenvalue weighted by atomic mass is 16.4. The van der Waals surface area contributed by atoms with Gasteiger partial charge < -0.3 is 20.4 Å². The average molecular weight is 463 g/mol. The minimum absolute atomic E-state index is 0.0462. The molecule has 33 heavy (non-hydrogen) atoms. The molecule has 0 aromatic carbocycles. The first kappa shape index (κ1) is 24.1. The number of aliphatic carboxylic acids is 1. The van der Waals surface area contributed by atoms with E-state index in [2.05, 4.69) is 27.7 Å². The van der Waals surface area contributed by atoms with Crippen LogP contribution in [0, 0.1) is 57.2 Å². The monoisotopic (exact) mass is 462 g/mol. The SMILES string of the molecule is C[C@@H]1C2CC[C@]3(C)C(CCC4C5C([C@@H](O)CO)CC[C@]5(C(=O)O)CC[C@]43C)[C@@]2(C)CC[C@@H]1O. The Labute approximate surface area is 199 Å². The zero-order valence-corrected chi connectivity index (χ0v) is 21.1. The molecule has 5 aliphatic carbocycles. The molecular formula is C28H46O5. The largest absolute Gasteiger partial charge is 0.481 e. The Morgan fingerprint density at radius 2 is 1.64 bits per heavy atom. The van der Waals surface area contributed by atoms with Gasteiger partial charge in [0.05, 0.1) is 24.2 Å². The van der Waals surface area contributed by atoms with E-state index in [1.54, 1.807) is 0 Å². The quantitative estimate of drug-likeness (QED) is 0.496. The fourth-order valence-electron chi connectivity index (χ4n) is 11.2. The summed E-state index contributed by atoms with van der Waals surface area (Å²) in [6, 6.07) is 0. The molecule has 0 amide bonds. The Hall–Kier alpha value is -0.650. The van der Waals surface area contributed by atoms with E-state index in [4.69, 9.17) is 0 Å². The highest BCUT2D eigenvalue weighted by Gasteiger charge is 2.71. The summed E-state index contributed by atoms with van der Waals surface area (Å²) in [4.78, 5) is 12.7. The summed E-state index contributed by atoms with van der Waals surface area (Å²) in [6.45, 7) is 9.45. The van der Waals surface area contributed by atoms with Crippen molar-refractivity contribution in [2.75, 3.05) is 6.61 Å². The Bertz CT molecular complexity index is 799. The molecule has 12 atom stereocenters. The van der Waals surface area contributed by atoms with Gasteiger partial charge in [-0.25, -0.2) is 0 Å². The Balaban J connectivity index is 1.55. The first-order valence-corrected chi connectivity index (χ1v) is 13.7. The van der Waals surface area contributed by atoms with Gasteiger partial charge in [0.25, 0.3) is 0 Å². The molecule has 188 valence electrons. The first-order chi connectivity index (χ1) is 15.5. The van der Waals surface area contributed by atoms with Crippen LogP contribution in [0.2, 0.25) is 0 Å². The molecule has 4 N–H and O–H groups in total. The molecule has 5 aliphatic rings. The molecule has 5 unspecified atom stereocenters. The lowest BCUT2D eigenvalue weighted by Gasteiger charge is -2.71. The second-order valence-corrected chi connectivity index (χ2v) is 13.6. The maximum absolute atomic E-state index is 12.7. The van der Waals surface area contributed by atoms with Gasteiger partial charge in [-0.15, -0.1) is 0 Å². The van der Waals surface area contributed by atoms with Crippen LogP contribution in [-0.2, 0) is 4.79 Å². The van der Waals surface area contributed by atoms with Gasteiger partial charge in [0.1, 0.15) is 0 Å². The van der Waals surface area contributed by atoms with Crippen molar-refractivity contribution >= 4 is 5.97 Å². The third-order valence-electron chi connectivity index (χ3n) is 13.2. The van der Waals surface area contributed by atoms with Gasteiger partial charge in [-0.05, 0) is 116 Å². The van der Waals surface area contributed by atoms with Crippen LogP contribution < -0.4 is 0 Å². The summed E-state index contributed by atoms with van der Waals surface area (Å²) in [6.07, 6.45) is 8.46. The predicted molar refractivity (Wildman–Crippen MR) is 126 cm³/mol. The fraction of sp³-hybridized carbons (Fsp3) is 0.964. The van der Waals surface area contributed by atoms with Crippen LogP contribution in [0.15, 0.2) is 0 Å². The summed E-state index contributed by atoms with van der Waals surface area (Å²) >= 11 is 0. The number of carboxylic acids is 1. The van der Waals surface area contributed by atoms with Crippen LogP contribution >= 0.6 is 0 Å². The van der Waals surface area contributed by atoms with Gasteiger partial charge >= 0.3 is 5.97 Å². The van der Waals surface area contributed by atoms with Crippen molar-refractivity contribution in [3.63, 3.8) is 0 Å². The summed E-state index contributed by atoms with van der Waals surface area (Å²) in [5, 5.41) is 41.6. The average Bonchev–Trinajstić information content (AvgIpc) is 3.18. The zero-order valence-electron chi connectivity index (χ0n) is 21.1. The molecule has 5 heteroatoms. The predicted octanol–water partition coefficient (Wildman–Crippen LogP) is 4.48. The molecule has 5 rings (SSSR count). The molecule has 0 aliphatic heterocycles. The lowest BCUT2D eigenvalue weighted by molar-refractivity contribution is -0.240. The fourth-order valence-corrected chi connectivity index (χ4v) is 11.2. The van der Waals surface area contributed by atoms with Crippen molar-refractivity contribution in [3.8, 4) is 0 Å². The van der Waals surface area contributed by atoms with Gasteiger partial charge in [0, 0.05) is 0 Å². The molecule has 0 radical (unpaired) electrons. The van der Waals surface area contributed by atoms with Crippen LogP contribution in [0.3, 0.4) is 0 Å². The van der Waals surface area contributed by atoms with Gasteiger partial charge in [-0.3, -0.25) is 4.79 Å². The van der Waals surface area contributed by atoms with E-state index in [0.29, 0.717) is 37.0 Å². The normalized spacial score (nSPS) is 56.8. The molecule has 5 saturated carbocycles. The summed E-state index contributed by atoms with van der Waals surface area (Å²) in [7, 11) is 0. The van der Waals surface area contributed by atoms with Gasteiger partial charge in [-0.2, -0.15) is 0 Å². The molecule has 0 heterocycles. The van der Waals surface area contributed by atoms with E-state index in [1.807, 2.05) is 0 Å². The van der Waals surface area contributed by atoms with E-state index >= 15 is 0 Å². The van der Waals surface area contributed by atoms with Gasteiger partial charge in [0.15, 0.2) is 0 Å². The highest BCUT2D eigenvalue weighted by Crippen LogP contribution is 2.76. The number of carbonyl (C=O) groups is 1. The van der Waals surface area contributed by atoms with E-state index in [-0.39, 0.29) is 46.7 Å². The molecule has 0 bridgehead atoms. The summed E-state index contributed by atoms with van der Waals surface area (Å²) < 4.78 is 0. The first-order valence-electron chi connectivity index (χ1n) is 13.7. The van der Waals surface area contributed by atoms with Gasteiger partial charge in [-0.1, -0.05) is 27.7 Å². The van der Waals surface area contributed by atoms with Crippen molar-refractivity contribution < 1.29 is 25.2 Å². The van der Waals surface area contributed by atoms with E-state index in [0.717, 1.165) is 44.9 Å². The van der Waals surface area contributed by atoms with Crippen molar-refractivity contribution in [2.24, 2.45) is 57.2 Å². The molecule has 0 saturated heterocycles. The second-order valence-electron chi connectivity index (χ2n) is 13.6. The van der Waals surface area contributed by atoms with Crippen molar-refractivity contribution in [1.82, 2.24) is 0 Å². The topological polar surface area (TPSA) is 98.0 Å². The van der Waals surface area contributed by atoms with Crippen LogP contribution in [0.5, 0.6) is 0 Å². The third kappa shape index (κ3) is 2.91. The van der Waals surface area contributed by atoms with E-state index < -0.39 is 17.5 Å². The van der Waals surface area contributed by atoms with Crippen molar-refractivity contribution in [1.29, 1.82) is 0 Å². The molecule has 0 aromatic heterocycles. The molecule has 0 spiro atoms. The number of hydrogen-bond acceptors (Lipinski definition) is 4. The lowest BCUT2D eigenvalue weighted by Crippen LogP contribution is -2.66. The smallest absolute Gasteiger partial charge is 0.309 e. The number of aliphatic hydroxyl groups excluding tert-OH is 3. The number of rotatable bonds is 3. The Morgan fingerprint density at radius 1 is 0.909 bits per heavy atom. The van der Waals surface area contributed by atoms with E-state index in [1.165, 1.54) is 0 Å². The van der Waals surface area contributed by atoms with Crippen LogP contribution in [0.25, 0.3) is 0 Å². The van der Waals surface area contributed by atoms with Gasteiger partial charge in [0.2, 0.25) is 0 Å².